The molecule has 27 heavy (non-hydrogen) atoms. The van der Waals surface area contributed by atoms with Gasteiger partial charge in [-0.25, -0.2) is 4.79 Å². The van der Waals surface area contributed by atoms with Crippen molar-refractivity contribution in [3.63, 3.8) is 0 Å². The molecule has 0 radical (unpaired) electrons. The number of nitrogens with zero attached hydrogens (tertiary/aromatic N) is 1. The van der Waals surface area contributed by atoms with Crippen LogP contribution >= 0.6 is 0 Å². The Labute approximate surface area is 155 Å². The molecule has 0 saturated heterocycles. The first-order valence-electron chi connectivity index (χ1n) is 8.27. The maximum absolute atomic E-state index is 12.4. The number of alkyl halides is 3. The summed E-state index contributed by atoms with van der Waals surface area (Å²) in [6.07, 6.45) is -5.50. The average molecular weight is 391 g/mol. The Morgan fingerprint density at radius 3 is 2.00 bits per heavy atom. The predicted octanol–water partition coefficient (Wildman–Crippen LogP) is 4.40. The number of carboxylic acids is 1. The summed E-state index contributed by atoms with van der Waals surface area (Å²) in [6, 6.07) is 4.19. The largest absolute Gasteiger partial charge is 0.573 e. The molecular formula is C18H24F3NO5. The second-order valence-electron chi connectivity index (χ2n) is 7.23. The summed E-state index contributed by atoms with van der Waals surface area (Å²) in [5, 5.41) is 9.54. The van der Waals surface area contributed by atoms with Crippen LogP contribution in [0.25, 0.3) is 0 Å². The maximum atomic E-state index is 12.4. The molecule has 0 bridgehead atoms. The van der Waals surface area contributed by atoms with Gasteiger partial charge in [-0.1, -0.05) is 12.1 Å². The van der Waals surface area contributed by atoms with Gasteiger partial charge in [-0.2, -0.15) is 0 Å². The lowest BCUT2D eigenvalue weighted by molar-refractivity contribution is -0.274. The number of carboxylic acid groups (broad SMARTS) is 1. The van der Waals surface area contributed by atoms with Gasteiger partial charge in [0.05, 0.1) is 5.92 Å². The van der Waals surface area contributed by atoms with Gasteiger partial charge in [0, 0.05) is 12.6 Å². The van der Waals surface area contributed by atoms with Crippen LogP contribution in [0.5, 0.6) is 5.75 Å². The van der Waals surface area contributed by atoms with Crippen LogP contribution in [-0.2, 0) is 9.53 Å². The summed E-state index contributed by atoms with van der Waals surface area (Å²) in [5.74, 6) is -2.81. The number of carbonyl (C=O) groups is 2. The topological polar surface area (TPSA) is 76.1 Å². The van der Waals surface area contributed by atoms with Gasteiger partial charge in [-0.3, -0.25) is 4.79 Å². The fraction of sp³-hybridized carbons (Fsp3) is 0.556. The smallest absolute Gasteiger partial charge is 0.481 e. The standard InChI is InChI=1S/C18H24F3NO5/c1-11(2)22(16(25)27-17(3,4)5)10-14(15(23)24)12-6-8-13(9-7-12)26-18(19,20)21/h6-9,11,14H,10H2,1-5H3,(H,23,24). The van der Waals surface area contributed by atoms with Crippen molar-refractivity contribution >= 4 is 12.1 Å². The van der Waals surface area contributed by atoms with Crippen LogP contribution in [0.1, 0.15) is 46.1 Å². The molecule has 0 aromatic heterocycles. The Kier molecular flexibility index (Phi) is 7.11. The molecule has 9 heteroatoms. The fourth-order valence-corrected chi connectivity index (χ4v) is 2.24. The molecule has 1 unspecified atom stereocenters. The first-order valence-corrected chi connectivity index (χ1v) is 8.27. The van der Waals surface area contributed by atoms with Crippen LogP contribution in [0.3, 0.4) is 0 Å². The first-order chi connectivity index (χ1) is 12.2. The fourth-order valence-electron chi connectivity index (χ4n) is 2.24. The van der Waals surface area contributed by atoms with E-state index in [4.69, 9.17) is 4.74 Å². The Morgan fingerprint density at radius 2 is 1.63 bits per heavy atom. The minimum absolute atomic E-state index is 0.193. The molecule has 1 N–H and O–H groups in total. The summed E-state index contributed by atoms with van der Waals surface area (Å²) in [5.41, 5.74) is -0.509. The molecule has 152 valence electrons. The van der Waals surface area contributed by atoms with E-state index in [9.17, 15) is 27.9 Å². The van der Waals surface area contributed by atoms with Gasteiger partial charge in [0.2, 0.25) is 0 Å². The van der Waals surface area contributed by atoms with Crippen molar-refractivity contribution in [2.75, 3.05) is 6.54 Å². The Balaban J connectivity index is 3.03. The van der Waals surface area contributed by atoms with Gasteiger partial charge in [0.1, 0.15) is 11.4 Å². The van der Waals surface area contributed by atoms with Gasteiger partial charge in [0.15, 0.2) is 0 Å². The number of hydrogen-bond acceptors (Lipinski definition) is 4. The van der Waals surface area contributed by atoms with Crippen LogP contribution in [0.4, 0.5) is 18.0 Å². The monoisotopic (exact) mass is 391 g/mol. The molecule has 0 spiro atoms. The molecule has 0 saturated carbocycles. The van der Waals surface area contributed by atoms with E-state index in [2.05, 4.69) is 4.74 Å². The molecule has 0 heterocycles. The minimum Gasteiger partial charge on any atom is -0.481 e. The minimum atomic E-state index is -4.83. The van der Waals surface area contributed by atoms with Crippen LogP contribution < -0.4 is 4.74 Å². The summed E-state index contributed by atoms with van der Waals surface area (Å²) < 4.78 is 45.8. The molecule has 1 atom stereocenters. The van der Waals surface area contributed by atoms with Crippen molar-refractivity contribution in [3.05, 3.63) is 29.8 Å². The summed E-state index contributed by atoms with van der Waals surface area (Å²) in [6.45, 7) is 8.31. The van der Waals surface area contributed by atoms with Gasteiger partial charge >= 0.3 is 18.4 Å². The van der Waals surface area contributed by atoms with E-state index >= 15 is 0 Å². The molecule has 0 fully saturated rings. The lowest BCUT2D eigenvalue weighted by atomic mass is 9.98. The molecule has 6 nitrogen and oxygen atoms in total. The Morgan fingerprint density at radius 1 is 1.11 bits per heavy atom. The van der Waals surface area contributed by atoms with Crippen LogP contribution in [0, 0.1) is 0 Å². The quantitative estimate of drug-likeness (QED) is 0.778. The SMILES string of the molecule is CC(C)N(CC(C(=O)O)c1ccc(OC(F)(F)F)cc1)C(=O)OC(C)(C)C. The second-order valence-corrected chi connectivity index (χ2v) is 7.23. The van der Waals surface area contributed by atoms with Crippen molar-refractivity contribution in [1.29, 1.82) is 0 Å². The third kappa shape index (κ3) is 7.76. The highest BCUT2D eigenvalue weighted by molar-refractivity contribution is 5.78. The van der Waals surface area contributed by atoms with Gasteiger partial charge in [-0.15, -0.1) is 13.2 Å². The molecule has 0 aliphatic rings. The van der Waals surface area contributed by atoms with E-state index in [1.54, 1.807) is 34.6 Å². The molecule has 1 aromatic carbocycles. The van der Waals surface area contributed by atoms with E-state index in [0.29, 0.717) is 0 Å². The number of aliphatic carboxylic acids is 1. The molecule has 1 amide bonds. The summed E-state index contributed by atoms with van der Waals surface area (Å²) in [4.78, 5) is 25.3. The third-order valence-corrected chi connectivity index (χ3v) is 3.44. The normalized spacial score (nSPS) is 13.2. The van der Waals surface area contributed by atoms with Crippen molar-refractivity contribution in [3.8, 4) is 5.75 Å². The molecule has 1 rings (SSSR count). The lowest BCUT2D eigenvalue weighted by Gasteiger charge is -2.32. The van der Waals surface area contributed by atoms with Crippen LogP contribution in [0.2, 0.25) is 0 Å². The number of rotatable bonds is 6. The number of ether oxygens (including phenoxy) is 2. The number of amides is 1. The molecule has 0 aliphatic carbocycles. The van der Waals surface area contributed by atoms with Crippen LogP contribution in [-0.4, -0.2) is 46.6 Å². The van der Waals surface area contributed by atoms with Crippen LogP contribution in [0.15, 0.2) is 24.3 Å². The molecule has 1 aromatic rings. The maximum Gasteiger partial charge on any atom is 0.573 e. The molecular weight excluding hydrogens is 367 g/mol. The first kappa shape index (κ1) is 22.6. The number of carbonyl (C=O) groups excluding carboxylic acids is 1. The van der Waals surface area contributed by atoms with Crippen molar-refractivity contribution < 1.29 is 37.3 Å². The van der Waals surface area contributed by atoms with Gasteiger partial charge in [-0.05, 0) is 52.3 Å². The highest BCUT2D eigenvalue weighted by Crippen LogP contribution is 2.26. The average Bonchev–Trinajstić information content (AvgIpc) is 2.44. The van der Waals surface area contributed by atoms with E-state index in [1.165, 1.54) is 17.0 Å². The molecule has 0 aliphatic heterocycles. The van der Waals surface area contributed by atoms with Crippen molar-refractivity contribution in [2.45, 2.75) is 58.5 Å². The van der Waals surface area contributed by atoms with E-state index in [0.717, 1.165) is 12.1 Å². The number of hydrogen-bond donors (Lipinski definition) is 1. The summed E-state index contributed by atoms with van der Waals surface area (Å²) in [7, 11) is 0. The zero-order chi connectivity index (χ0) is 21.0. The second kappa shape index (κ2) is 8.49. The Bertz CT molecular complexity index is 650. The van der Waals surface area contributed by atoms with Crippen molar-refractivity contribution in [2.24, 2.45) is 0 Å². The van der Waals surface area contributed by atoms with Crippen molar-refractivity contribution in [1.82, 2.24) is 4.90 Å². The van der Waals surface area contributed by atoms with Gasteiger partial charge < -0.3 is 19.5 Å². The van der Waals surface area contributed by atoms with E-state index in [-0.39, 0.29) is 18.2 Å². The number of halogens is 3. The zero-order valence-corrected chi connectivity index (χ0v) is 15.8. The van der Waals surface area contributed by atoms with Gasteiger partial charge in [0.25, 0.3) is 0 Å². The summed E-state index contributed by atoms with van der Waals surface area (Å²) >= 11 is 0. The predicted molar refractivity (Wildman–Crippen MR) is 91.6 cm³/mol. The highest BCUT2D eigenvalue weighted by Gasteiger charge is 2.32. The Hall–Kier alpha value is -2.45. The number of benzene rings is 1. The lowest BCUT2D eigenvalue weighted by Crippen LogP contribution is -2.44. The van der Waals surface area contributed by atoms with E-state index < -0.39 is 35.7 Å². The zero-order valence-electron chi connectivity index (χ0n) is 15.8. The highest BCUT2D eigenvalue weighted by atomic mass is 19.4. The van der Waals surface area contributed by atoms with E-state index in [1.807, 2.05) is 0 Å². The third-order valence-electron chi connectivity index (χ3n) is 3.44.